The molecule has 150 valence electrons. The molecule has 0 aliphatic rings. The Bertz CT molecular complexity index is 1300. The first kappa shape index (κ1) is 20.2. The van der Waals surface area contributed by atoms with Gasteiger partial charge in [-0.3, -0.25) is 9.36 Å². The third-order valence-corrected chi connectivity index (χ3v) is 5.73. The van der Waals surface area contributed by atoms with E-state index in [-0.39, 0.29) is 17.1 Å². The zero-order chi connectivity index (χ0) is 21.1. The molecule has 1 heterocycles. The lowest BCUT2D eigenvalue weighted by Crippen LogP contribution is -2.25. The smallest absolute Gasteiger partial charge is 0.261 e. The highest BCUT2D eigenvalue weighted by Crippen LogP contribution is 2.23. The van der Waals surface area contributed by atoms with Crippen LogP contribution in [-0.2, 0) is 13.0 Å². The number of nitrogens with zero attached hydrogens (tertiary/aromatic N) is 2. The summed E-state index contributed by atoms with van der Waals surface area (Å²) in [6, 6.07) is 19.8. The van der Waals surface area contributed by atoms with Crippen LogP contribution in [0.4, 0.5) is 0 Å². The van der Waals surface area contributed by atoms with Crippen LogP contribution in [0.3, 0.4) is 0 Å². The van der Waals surface area contributed by atoms with E-state index < -0.39 is 0 Å². The van der Waals surface area contributed by atoms with Gasteiger partial charge < -0.3 is 10.2 Å². The molecule has 0 atom stereocenters. The SMILES string of the molecule is O=c1c2cccc(I)c2nc(/C=C/c2ccccc2)n1CCc1cc(O)ccc1O. The van der Waals surface area contributed by atoms with E-state index >= 15 is 0 Å². The molecule has 0 saturated carbocycles. The van der Waals surface area contributed by atoms with Gasteiger partial charge in [-0.15, -0.1) is 0 Å². The van der Waals surface area contributed by atoms with Gasteiger partial charge in [0.25, 0.3) is 5.56 Å². The van der Waals surface area contributed by atoms with E-state index in [1.165, 1.54) is 18.2 Å². The summed E-state index contributed by atoms with van der Waals surface area (Å²) in [5, 5.41) is 20.4. The molecule has 2 N–H and O–H groups in total. The van der Waals surface area contributed by atoms with Gasteiger partial charge >= 0.3 is 0 Å². The Labute approximate surface area is 187 Å². The summed E-state index contributed by atoms with van der Waals surface area (Å²) in [7, 11) is 0. The Morgan fingerprint density at radius 3 is 2.57 bits per heavy atom. The summed E-state index contributed by atoms with van der Waals surface area (Å²) in [5.74, 6) is 0.705. The summed E-state index contributed by atoms with van der Waals surface area (Å²) >= 11 is 2.19. The van der Waals surface area contributed by atoms with Crippen molar-refractivity contribution < 1.29 is 10.2 Å². The average molecular weight is 510 g/mol. The van der Waals surface area contributed by atoms with Crippen LogP contribution in [0, 0.1) is 3.57 Å². The number of benzene rings is 3. The first-order chi connectivity index (χ1) is 14.5. The zero-order valence-electron chi connectivity index (χ0n) is 16.0. The van der Waals surface area contributed by atoms with E-state index in [1.54, 1.807) is 10.6 Å². The molecule has 4 rings (SSSR count). The molecule has 30 heavy (non-hydrogen) atoms. The van der Waals surface area contributed by atoms with Crippen LogP contribution in [0.15, 0.2) is 71.5 Å². The highest BCUT2D eigenvalue weighted by molar-refractivity contribution is 14.1. The third kappa shape index (κ3) is 4.23. The van der Waals surface area contributed by atoms with Gasteiger partial charge in [-0.05, 0) is 76.5 Å². The van der Waals surface area contributed by atoms with E-state index in [9.17, 15) is 15.0 Å². The highest BCUT2D eigenvalue weighted by atomic mass is 127. The highest BCUT2D eigenvalue weighted by Gasteiger charge is 2.12. The lowest BCUT2D eigenvalue weighted by atomic mass is 10.1. The van der Waals surface area contributed by atoms with Crippen LogP contribution in [0.25, 0.3) is 23.1 Å². The zero-order valence-corrected chi connectivity index (χ0v) is 18.2. The summed E-state index contributed by atoms with van der Waals surface area (Å²) in [6.07, 6.45) is 4.14. The maximum Gasteiger partial charge on any atom is 0.261 e. The van der Waals surface area contributed by atoms with Gasteiger partial charge in [0.05, 0.1) is 10.9 Å². The van der Waals surface area contributed by atoms with Crippen molar-refractivity contribution in [1.29, 1.82) is 0 Å². The molecule has 0 bridgehead atoms. The molecule has 5 nitrogen and oxygen atoms in total. The van der Waals surface area contributed by atoms with Crippen LogP contribution in [0.2, 0.25) is 0 Å². The molecular formula is C24H19IN2O3. The second kappa shape index (κ2) is 8.71. The van der Waals surface area contributed by atoms with Gasteiger partial charge in [0.2, 0.25) is 0 Å². The number of para-hydroxylation sites is 1. The van der Waals surface area contributed by atoms with Gasteiger partial charge in [0, 0.05) is 10.1 Å². The molecule has 6 heteroatoms. The van der Waals surface area contributed by atoms with Crippen LogP contribution >= 0.6 is 22.6 Å². The minimum atomic E-state index is -0.133. The van der Waals surface area contributed by atoms with E-state index in [0.717, 1.165) is 9.13 Å². The molecular weight excluding hydrogens is 491 g/mol. The fraction of sp³-hybridized carbons (Fsp3) is 0.0833. The number of aromatic nitrogens is 2. The van der Waals surface area contributed by atoms with Crippen LogP contribution in [-0.4, -0.2) is 19.8 Å². The Hall–Kier alpha value is -3.13. The third-order valence-electron chi connectivity index (χ3n) is 4.86. The number of phenols is 2. The Morgan fingerprint density at radius 1 is 0.967 bits per heavy atom. The summed E-state index contributed by atoms with van der Waals surface area (Å²) in [6.45, 7) is 0.318. The quantitative estimate of drug-likeness (QED) is 0.298. The monoisotopic (exact) mass is 510 g/mol. The van der Waals surface area contributed by atoms with Crippen molar-refractivity contribution in [1.82, 2.24) is 9.55 Å². The van der Waals surface area contributed by atoms with Crippen LogP contribution < -0.4 is 5.56 Å². The number of rotatable bonds is 5. The van der Waals surface area contributed by atoms with Crippen molar-refractivity contribution in [2.45, 2.75) is 13.0 Å². The van der Waals surface area contributed by atoms with E-state index in [1.807, 2.05) is 54.6 Å². The number of aryl methyl sites for hydroxylation is 1. The maximum atomic E-state index is 13.3. The minimum Gasteiger partial charge on any atom is -0.508 e. The first-order valence-electron chi connectivity index (χ1n) is 9.46. The van der Waals surface area contributed by atoms with Gasteiger partial charge in [0.1, 0.15) is 17.3 Å². The van der Waals surface area contributed by atoms with Gasteiger partial charge in [-0.1, -0.05) is 42.5 Å². The predicted molar refractivity (Wildman–Crippen MR) is 128 cm³/mol. The Kier molecular flexibility index (Phi) is 5.85. The molecule has 0 spiro atoms. The van der Waals surface area contributed by atoms with E-state index in [2.05, 4.69) is 22.6 Å². The predicted octanol–water partition coefficient (Wildman–Crippen LogP) is 4.83. The van der Waals surface area contributed by atoms with Crippen molar-refractivity contribution in [3.05, 3.63) is 97.6 Å². The molecule has 1 aromatic heterocycles. The van der Waals surface area contributed by atoms with Crippen molar-refractivity contribution in [3.63, 3.8) is 0 Å². The lowest BCUT2D eigenvalue weighted by molar-refractivity contribution is 0.451. The molecule has 0 radical (unpaired) electrons. The number of aromatic hydroxyl groups is 2. The largest absolute Gasteiger partial charge is 0.508 e. The van der Waals surface area contributed by atoms with Gasteiger partial charge in [0.15, 0.2) is 0 Å². The van der Waals surface area contributed by atoms with E-state index in [4.69, 9.17) is 4.98 Å². The number of halogens is 1. The molecule has 0 unspecified atom stereocenters. The second-order valence-electron chi connectivity index (χ2n) is 6.87. The van der Waals surface area contributed by atoms with Crippen molar-refractivity contribution in [3.8, 4) is 11.5 Å². The second-order valence-corrected chi connectivity index (χ2v) is 8.03. The summed E-state index contributed by atoms with van der Waals surface area (Å²) in [5.41, 5.74) is 2.12. The number of hydrogen-bond acceptors (Lipinski definition) is 4. The van der Waals surface area contributed by atoms with Crippen molar-refractivity contribution >= 4 is 45.6 Å². The topological polar surface area (TPSA) is 75.4 Å². The fourth-order valence-corrected chi connectivity index (χ4v) is 3.93. The number of phenolic OH excluding ortho intramolecular Hbond substituents is 2. The minimum absolute atomic E-state index is 0.0746. The molecule has 0 aliphatic carbocycles. The summed E-state index contributed by atoms with van der Waals surface area (Å²) < 4.78 is 2.52. The first-order valence-corrected chi connectivity index (χ1v) is 10.5. The molecule has 0 aliphatic heterocycles. The fourth-order valence-electron chi connectivity index (χ4n) is 3.31. The van der Waals surface area contributed by atoms with Gasteiger partial charge in [-0.25, -0.2) is 4.98 Å². The van der Waals surface area contributed by atoms with Crippen molar-refractivity contribution in [2.75, 3.05) is 0 Å². The molecule has 3 aromatic carbocycles. The molecule has 0 fully saturated rings. The van der Waals surface area contributed by atoms with Crippen molar-refractivity contribution in [2.24, 2.45) is 0 Å². The summed E-state index contributed by atoms with van der Waals surface area (Å²) in [4.78, 5) is 18.0. The maximum absolute atomic E-state index is 13.3. The van der Waals surface area contributed by atoms with E-state index in [0.29, 0.717) is 35.3 Å². The Balaban J connectivity index is 1.79. The van der Waals surface area contributed by atoms with Gasteiger partial charge in [-0.2, -0.15) is 0 Å². The normalized spacial score (nSPS) is 11.4. The van der Waals surface area contributed by atoms with Crippen LogP contribution in [0.5, 0.6) is 11.5 Å². The number of hydrogen-bond donors (Lipinski definition) is 2. The van der Waals surface area contributed by atoms with Crippen LogP contribution in [0.1, 0.15) is 17.0 Å². The lowest BCUT2D eigenvalue weighted by Gasteiger charge is -2.13. The molecule has 0 amide bonds. The Morgan fingerprint density at radius 2 is 1.77 bits per heavy atom. The average Bonchev–Trinajstić information content (AvgIpc) is 2.75. The molecule has 4 aromatic rings. The molecule has 0 saturated heterocycles. The standard InChI is InChI=1S/C24H19IN2O3/c25-20-8-4-7-19-23(20)26-22(12-9-16-5-2-1-3-6-16)27(24(19)30)14-13-17-15-18(28)10-11-21(17)29/h1-12,15,28-29H,13-14H2/b12-9+. The number of fused-ring (bicyclic) bond motifs is 1.